The van der Waals surface area contributed by atoms with Crippen LogP contribution in [0.4, 0.5) is 0 Å². The number of halogens is 1. The van der Waals surface area contributed by atoms with Crippen LogP contribution >= 0.6 is 11.6 Å². The molecule has 2 heterocycles. The largest absolute Gasteiger partial charge is 0.419 e. The predicted molar refractivity (Wildman–Crippen MR) is 79.5 cm³/mol. The monoisotopic (exact) mass is 300 g/mol. The Kier molecular flexibility index (Phi) is 4.23. The maximum atomic E-state index is 6.10. The van der Waals surface area contributed by atoms with E-state index in [2.05, 4.69) is 20.5 Å². The molecular weight excluding hydrogens is 288 g/mol. The average Bonchev–Trinajstić information content (AvgIpc) is 2.97. The lowest BCUT2D eigenvalue weighted by molar-refractivity contribution is 0.476. The van der Waals surface area contributed by atoms with Gasteiger partial charge in [-0.2, -0.15) is 0 Å². The molecule has 106 valence electrons. The van der Waals surface area contributed by atoms with Crippen LogP contribution in [0.25, 0.3) is 11.5 Å². The Morgan fingerprint density at radius 3 is 2.67 bits per heavy atom. The van der Waals surface area contributed by atoms with E-state index >= 15 is 0 Å². The maximum Gasteiger partial charge on any atom is 0.249 e. The molecule has 0 aliphatic rings. The maximum absolute atomic E-state index is 6.10. The van der Waals surface area contributed by atoms with Crippen molar-refractivity contribution in [2.24, 2.45) is 0 Å². The predicted octanol–water partition coefficient (Wildman–Crippen LogP) is 3.07. The number of hydrogen-bond acceptors (Lipinski definition) is 5. The van der Waals surface area contributed by atoms with E-state index in [4.69, 9.17) is 16.0 Å². The summed E-state index contributed by atoms with van der Waals surface area (Å²) in [6, 6.07) is 13.2. The van der Waals surface area contributed by atoms with Crippen LogP contribution in [0.15, 0.2) is 53.1 Å². The summed E-state index contributed by atoms with van der Waals surface area (Å²) in [4.78, 5) is 4.23. The highest BCUT2D eigenvalue weighted by Crippen LogP contribution is 2.26. The van der Waals surface area contributed by atoms with E-state index in [0.29, 0.717) is 29.9 Å². The third-order valence-corrected chi connectivity index (χ3v) is 3.21. The first-order chi connectivity index (χ1) is 10.3. The summed E-state index contributed by atoms with van der Waals surface area (Å²) < 4.78 is 5.60. The first kappa shape index (κ1) is 13.7. The zero-order chi connectivity index (χ0) is 14.5. The number of nitrogens with one attached hydrogen (secondary N) is 1. The molecule has 0 aliphatic heterocycles. The quantitative estimate of drug-likeness (QED) is 0.784. The van der Waals surface area contributed by atoms with E-state index in [1.54, 1.807) is 12.3 Å². The van der Waals surface area contributed by atoms with E-state index < -0.39 is 0 Å². The fourth-order valence-electron chi connectivity index (χ4n) is 1.87. The normalized spacial score (nSPS) is 10.7. The van der Waals surface area contributed by atoms with Gasteiger partial charge in [0, 0.05) is 12.7 Å². The number of hydrogen-bond donors (Lipinski definition) is 1. The van der Waals surface area contributed by atoms with Gasteiger partial charge >= 0.3 is 0 Å². The second-order valence-electron chi connectivity index (χ2n) is 4.41. The van der Waals surface area contributed by atoms with Gasteiger partial charge in [-0.05, 0) is 24.3 Å². The van der Waals surface area contributed by atoms with E-state index in [1.165, 1.54) is 0 Å². The van der Waals surface area contributed by atoms with Crippen molar-refractivity contribution >= 4 is 11.6 Å². The molecule has 3 aromatic rings. The Labute approximate surface area is 127 Å². The second-order valence-corrected chi connectivity index (χ2v) is 4.81. The lowest BCUT2D eigenvalue weighted by Crippen LogP contribution is -2.13. The first-order valence-electron chi connectivity index (χ1n) is 6.51. The highest BCUT2D eigenvalue weighted by Gasteiger charge is 2.11. The van der Waals surface area contributed by atoms with Gasteiger partial charge in [-0.3, -0.25) is 4.98 Å². The summed E-state index contributed by atoms with van der Waals surface area (Å²) in [6.45, 7) is 1.12. The molecule has 0 aliphatic carbocycles. The number of aromatic nitrogens is 3. The van der Waals surface area contributed by atoms with Gasteiger partial charge in [-0.25, -0.2) is 0 Å². The van der Waals surface area contributed by atoms with Crippen LogP contribution in [0.1, 0.15) is 11.6 Å². The molecule has 2 aromatic heterocycles. The summed E-state index contributed by atoms with van der Waals surface area (Å²) in [5.74, 6) is 0.941. The molecule has 0 unspecified atom stereocenters. The number of nitrogens with zero attached hydrogens (tertiary/aromatic N) is 3. The fourth-order valence-corrected chi connectivity index (χ4v) is 2.09. The molecule has 6 heteroatoms. The Balaban J connectivity index is 1.62. The van der Waals surface area contributed by atoms with Crippen LogP contribution in [-0.4, -0.2) is 15.2 Å². The third-order valence-electron chi connectivity index (χ3n) is 2.88. The van der Waals surface area contributed by atoms with Crippen LogP contribution in [0, 0.1) is 0 Å². The molecule has 0 spiro atoms. The van der Waals surface area contributed by atoms with Crippen LogP contribution in [0.5, 0.6) is 0 Å². The molecule has 1 N–H and O–H groups in total. The zero-order valence-electron chi connectivity index (χ0n) is 11.2. The van der Waals surface area contributed by atoms with Crippen molar-refractivity contribution in [3.63, 3.8) is 0 Å². The van der Waals surface area contributed by atoms with E-state index in [1.807, 2.05) is 36.4 Å². The first-order valence-corrected chi connectivity index (χ1v) is 6.88. The molecule has 0 fully saturated rings. The summed E-state index contributed by atoms with van der Waals surface area (Å²) in [5, 5.41) is 11.8. The van der Waals surface area contributed by atoms with Gasteiger partial charge in [0.2, 0.25) is 11.8 Å². The van der Waals surface area contributed by atoms with Crippen LogP contribution in [0.3, 0.4) is 0 Å². The van der Waals surface area contributed by atoms with Crippen LogP contribution in [0.2, 0.25) is 5.02 Å². The van der Waals surface area contributed by atoms with Gasteiger partial charge < -0.3 is 9.73 Å². The summed E-state index contributed by atoms with van der Waals surface area (Å²) in [6.07, 6.45) is 1.76. The fraction of sp³-hybridized carbons (Fsp3) is 0.133. The molecular formula is C15H13ClN4O. The molecule has 3 rings (SSSR count). The van der Waals surface area contributed by atoms with Gasteiger partial charge in [0.1, 0.15) is 0 Å². The average molecular weight is 301 g/mol. The molecule has 0 atom stereocenters. The highest BCUT2D eigenvalue weighted by molar-refractivity contribution is 6.33. The molecule has 0 saturated carbocycles. The molecule has 5 nitrogen and oxygen atoms in total. The van der Waals surface area contributed by atoms with E-state index in [0.717, 1.165) is 11.3 Å². The van der Waals surface area contributed by atoms with Gasteiger partial charge in [0.15, 0.2) is 0 Å². The van der Waals surface area contributed by atoms with Crippen LogP contribution < -0.4 is 5.32 Å². The molecule has 0 amide bonds. The number of rotatable bonds is 5. The third kappa shape index (κ3) is 3.45. The Hall–Kier alpha value is -2.24. The summed E-state index contributed by atoms with van der Waals surface area (Å²) >= 11 is 6.10. The summed E-state index contributed by atoms with van der Waals surface area (Å²) in [7, 11) is 0. The van der Waals surface area contributed by atoms with Gasteiger partial charge in [0.05, 0.1) is 22.8 Å². The number of benzene rings is 1. The lowest BCUT2D eigenvalue weighted by Gasteiger charge is -2.00. The topological polar surface area (TPSA) is 63.8 Å². The van der Waals surface area contributed by atoms with Gasteiger partial charge in [-0.1, -0.05) is 29.8 Å². The van der Waals surface area contributed by atoms with E-state index in [-0.39, 0.29) is 0 Å². The smallest absolute Gasteiger partial charge is 0.249 e. The molecule has 0 bridgehead atoms. The van der Waals surface area contributed by atoms with Crippen molar-refractivity contribution in [2.75, 3.05) is 0 Å². The molecule has 0 saturated heterocycles. The van der Waals surface area contributed by atoms with Crippen molar-refractivity contribution in [3.05, 3.63) is 65.3 Å². The lowest BCUT2D eigenvalue weighted by atomic mass is 10.2. The number of pyridine rings is 1. The van der Waals surface area contributed by atoms with Crippen molar-refractivity contribution in [1.29, 1.82) is 0 Å². The summed E-state index contributed by atoms with van der Waals surface area (Å²) in [5.41, 5.74) is 1.70. The Morgan fingerprint density at radius 1 is 1.00 bits per heavy atom. The van der Waals surface area contributed by atoms with Gasteiger partial charge in [0.25, 0.3) is 0 Å². The Bertz CT molecular complexity index is 714. The zero-order valence-corrected chi connectivity index (χ0v) is 11.9. The second kappa shape index (κ2) is 6.47. The van der Waals surface area contributed by atoms with Crippen molar-refractivity contribution in [2.45, 2.75) is 13.1 Å². The van der Waals surface area contributed by atoms with Gasteiger partial charge in [-0.15, -0.1) is 10.2 Å². The highest BCUT2D eigenvalue weighted by atomic mass is 35.5. The SMILES string of the molecule is Clc1ccccc1-c1nnc(CNCc2ccccn2)o1. The minimum atomic E-state index is 0.426. The van der Waals surface area contributed by atoms with Crippen LogP contribution in [-0.2, 0) is 13.1 Å². The molecule has 21 heavy (non-hydrogen) atoms. The van der Waals surface area contributed by atoms with Crippen molar-refractivity contribution in [1.82, 2.24) is 20.5 Å². The minimum Gasteiger partial charge on any atom is -0.419 e. The Morgan fingerprint density at radius 2 is 1.86 bits per heavy atom. The van der Waals surface area contributed by atoms with E-state index in [9.17, 15) is 0 Å². The molecule has 1 aromatic carbocycles. The standard InChI is InChI=1S/C15H13ClN4O/c16-13-7-2-1-6-12(13)15-20-19-14(21-15)10-17-9-11-5-3-4-8-18-11/h1-8,17H,9-10H2. The minimum absolute atomic E-state index is 0.426. The van der Waals surface area contributed by atoms with Crippen molar-refractivity contribution in [3.8, 4) is 11.5 Å². The van der Waals surface area contributed by atoms with Crippen molar-refractivity contribution < 1.29 is 4.42 Å². The molecule has 0 radical (unpaired) electrons.